The van der Waals surface area contributed by atoms with Crippen molar-refractivity contribution in [3.8, 4) is 11.1 Å². The van der Waals surface area contributed by atoms with Crippen LogP contribution in [0.3, 0.4) is 0 Å². The summed E-state index contributed by atoms with van der Waals surface area (Å²) in [4.78, 5) is 16.1. The van der Waals surface area contributed by atoms with Gasteiger partial charge in [-0.15, -0.1) is 0 Å². The summed E-state index contributed by atoms with van der Waals surface area (Å²) in [6, 6.07) is 20.0. The third kappa shape index (κ3) is 2.31. The topological polar surface area (TPSA) is 39.2 Å². The summed E-state index contributed by atoms with van der Waals surface area (Å²) in [5.74, 6) is -0.328. The van der Waals surface area contributed by atoms with Gasteiger partial charge in [-0.25, -0.2) is 4.79 Å². The van der Waals surface area contributed by atoms with E-state index in [9.17, 15) is 4.79 Å². The van der Waals surface area contributed by atoms with E-state index >= 15 is 0 Å². The second-order valence-corrected chi connectivity index (χ2v) is 5.64. The Labute approximate surface area is 139 Å². The molecule has 0 N–H and O–H groups in total. The first kappa shape index (κ1) is 14.4. The minimum absolute atomic E-state index is 0.328. The molecule has 0 aliphatic rings. The number of fused-ring (bicyclic) bond motifs is 2. The van der Waals surface area contributed by atoms with E-state index in [1.165, 1.54) is 7.11 Å². The first-order valence-electron chi connectivity index (χ1n) is 7.72. The predicted octanol–water partition coefficient (Wildman–Crippen LogP) is 4.84. The fourth-order valence-corrected chi connectivity index (χ4v) is 3.10. The minimum atomic E-state index is -0.328. The Morgan fingerprint density at radius 2 is 1.58 bits per heavy atom. The molecule has 24 heavy (non-hydrogen) atoms. The van der Waals surface area contributed by atoms with Crippen molar-refractivity contribution in [3.05, 3.63) is 78.6 Å². The van der Waals surface area contributed by atoms with Crippen LogP contribution >= 0.6 is 0 Å². The molecule has 0 saturated heterocycles. The zero-order valence-electron chi connectivity index (χ0n) is 13.2. The van der Waals surface area contributed by atoms with Gasteiger partial charge >= 0.3 is 5.97 Å². The van der Waals surface area contributed by atoms with Crippen LogP contribution in [0, 0.1) is 0 Å². The third-order valence-electron chi connectivity index (χ3n) is 4.28. The number of esters is 1. The van der Waals surface area contributed by atoms with Crippen molar-refractivity contribution < 1.29 is 9.53 Å². The molecule has 4 rings (SSSR count). The zero-order valence-corrected chi connectivity index (χ0v) is 13.2. The molecule has 0 aliphatic heterocycles. The molecule has 3 heteroatoms. The number of hydrogen-bond acceptors (Lipinski definition) is 3. The molecule has 1 heterocycles. The lowest BCUT2D eigenvalue weighted by Gasteiger charge is -2.11. The standard InChI is InChI=1S/C21H15NO2/c1-24-21(23)16-9-8-14-4-2-6-17(19(14)12-16)18-7-3-5-15-10-11-22-13-20(15)18/h2-13H,1H3. The summed E-state index contributed by atoms with van der Waals surface area (Å²) in [7, 11) is 1.40. The molecule has 3 nitrogen and oxygen atoms in total. The molecule has 0 bridgehead atoms. The van der Waals surface area contributed by atoms with Crippen LogP contribution in [0.2, 0.25) is 0 Å². The van der Waals surface area contributed by atoms with Gasteiger partial charge in [0.15, 0.2) is 0 Å². The lowest BCUT2D eigenvalue weighted by molar-refractivity contribution is 0.0601. The molecule has 4 aromatic rings. The number of pyridine rings is 1. The van der Waals surface area contributed by atoms with E-state index in [2.05, 4.69) is 23.2 Å². The van der Waals surface area contributed by atoms with E-state index in [-0.39, 0.29) is 5.97 Å². The highest BCUT2D eigenvalue weighted by atomic mass is 16.5. The van der Waals surface area contributed by atoms with Crippen LogP contribution in [-0.2, 0) is 4.74 Å². The van der Waals surface area contributed by atoms with Crippen molar-refractivity contribution in [1.82, 2.24) is 4.98 Å². The van der Waals surface area contributed by atoms with Crippen LogP contribution in [0.4, 0.5) is 0 Å². The van der Waals surface area contributed by atoms with E-state index in [1.54, 1.807) is 12.3 Å². The largest absolute Gasteiger partial charge is 0.465 e. The number of aromatic nitrogens is 1. The Hall–Kier alpha value is -3.20. The maximum Gasteiger partial charge on any atom is 0.337 e. The van der Waals surface area contributed by atoms with Crippen molar-refractivity contribution in [1.29, 1.82) is 0 Å². The van der Waals surface area contributed by atoms with Gasteiger partial charge in [-0.3, -0.25) is 4.98 Å². The molecule has 0 amide bonds. The molecular weight excluding hydrogens is 298 g/mol. The summed E-state index contributed by atoms with van der Waals surface area (Å²) in [6.45, 7) is 0. The monoisotopic (exact) mass is 313 g/mol. The minimum Gasteiger partial charge on any atom is -0.465 e. The van der Waals surface area contributed by atoms with E-state index in [0.717, 1.165) is 32.7 Å². The Morgan fingerprint density at radius 3 is 2.33 bits per heavy atom. The summed E-state index contributed by atoms with van der Waals surface area (Å²) in [6.07, 6.45) is 3.68. The molecule has 1 aromatic heterocycles. The number of ether oxygens (including phenoxy) is 1. The Morgan fingerprint density at radius 1 is 0.875 bits per heavy atom. The van der Waals surface area contributed by atoms with Crippen LogP contribution in [0.25, 0.3) is 32.7 Å². The van der Waals surface area contributed by atoms with Crippen LogP contribution in [-0.4, -0.2) is 18.1 Å². The van der Waals surface area contributed by atoms with Gasteiger partial charge in [0.25, 0.3) is 0 Å². The molecular formula is C21H15NO2. The SMILES string of the molecule is COC(=O)c1ccc2cccc(-c3cccc4ccncc34)c2c1. The van der Waals surface area contributed by atoms with Crippen molar-refractivity contribution in [3.63, 3.8) is 0 Å². The second kappa shape index (κ2) is 5.78. The van der Waals surface area contributed by atoms with Crippen LogP contribution in [0.5, 0.6) is 0 Å². The fraction of sp³-hybridized carbons (Fsp3) is 0.0476. The smallest absolute Gasteiger partial charge is 0.337 e. The Kier molecular flexibility index (Phi) is 3.47. The number of methoxy groups -OCH3 is 1. The van der Waals surface area contributed by atoms with Crippen molar-refractivity contribution >= 4 is 27.5 Å². The maximum atomic E-state index is 11.9. The number of nitrogens with zero attached hydrogens (tertiary/aromatic N) is 1. The molecule has 0 fully saturated rings. The van der Waals surface area contributed by atoms with Crippen molar-refractivity contribution in [2.75, 3.05) is 7.11 Å². The number of benzene rings is 3. The van der Waals surface area contributed by atoms with E-state index in [4.69, 9.17) is 4.74 Å². The molecule has 0 aliphatic carbocycles. The van der Waals surface area contributed by atoms with E-state index in [1.807, 2.05) is 42.6 Å². The van der Waals surface area contributed by atoms with Gasteiger partial charge in [0.05, 0.1) is 12.7 Å². The fourth-order valence-electron chi connectivity index (χ4n) is 3.10. The first-order chi connectivity index (χ1) is 11.8. The third-order valence-corrected chi connectivity index (χ3v) is 4.28. The van der Waals surface area contributed by atoms with Gasteiger partial charge in [-0.05, 0) is 45.5 Å². The van der Waals surface area contributed by atoms with Gasteiger partial charge < -0.3 is 4.74 Å². The Balaban J connectivity index is 2.03. The maximum absolute atomic E-state index is 11.9. The van der Waals surface area contributed by atoms with Gasteiger partial charge in [0.1, 0.15) is 0 Å². The molecule has 0 spiro atoms. The highest BCUT2D eigenvalue weighted by molar-refractivity contribution is 6.07. The number of hydrogen-bond donors (Lipinski definition) is 0. The van der Waals surface area contributed by atoms with Crippen molar-refractivity contribution in [2.24, 2.45) is 0 Å². The van der Waals surface area contributed by atoms with E-state index in [0.29, 0.717) is 5.56 Å². The average molecular weight is 313 g/mol. The normalized spacial score (nSPS) is 10.9. The molecule has 0 atom stereocenters. The summed E-state index contributed by atoms with van der Waals surface area (Å²) < 4.78 is 4.85. The highest BCUT2D eigenvalue weighted by Gasteiger charge is 2.11. The number of carbonyl (C=O) groups excluding carboxylic acids is 1. The lowest BCUT2D eigenvalue weighted by atomic mass is 9.94. The molecule has 3 aromatic carbocycles. The summed E-state index contributed by atoms with van der Waals surface area (Å²) in [5.41, 5.74) is 2.74. The average Bonchev–Trinajstić information content (AvgIpc) is 2.66. The Bertz CT molecular complexity index is 1060. The summed E-state index contributed by atoms with van der Waals surface area (Å²) in [5, 5.41) is 4.34. The summed E-state index contributed by atoms with van der Waals surface area (Å²) >= 11 is 0. The van der Waals surface area contributed by atoms with Crippen LogP contribution in [0.1, 0.15) is 10.4 Å². The van der Waals surface area contributed by atoms with E-state index < -0.39 is 0 Å². The highest BCUT2D eigenvalue weighted by Crippen LogP contribution is 2.34. The predicted molar refractivity (Wildman–Crippen MR) is 96.0 cm³/mol. The lowest BCUT2D eigenvalue weighted by Crippen LogP contribution is -2.00. The molecule has 0 unspecified atom stereocenters. The first-order valence-corrected chi connectivity index (χ1v) is 7.72. The van der Waals surface area contributed by atoms with Crippen molar-refractivity contribution in [2.45, 2.75) is 0 Å². The zero-order chi connectivity index (χ0) is 16.5. The molecule has 116 valence electrons. The van der Waals surface area contributed by atoms with Gasteiger partial charge in [0.2, 0.25) is 0 Å². The second-order valence-electron chi connectivity index (χ2n) is 5.64. The van der Waals surface area contributed by atoms with Gasteiger partial charge in [-0.1, -0.05) is 42.5 Å². The van der Waals surface area contributed by atoms with Crippen LogP contribution < -0.4 is 0 Å². The quantitative estimate of drug-likeness (QED) is 0.497. The van der Waals surface area contributed by atoms with Crippen LogP contribution in [0.15, 0.2) is 73.1 Å². The number of carbonyl (C=O) groups is 1. The molecule has 0 saturated carbocycles. The van der Waals surface area contributed by atoms with Gasteiger partial charge in [-0.2, -0.15) is 0 Å². The molecule has 0 radical (unpaired) electrons. The van der Waals surface area contributed by atoms with Gasteiger partial charge in [0, 0.05) is 17.8 Å². The number of rotatable bonds is 2.